The van der Waals surface area contributed by atoms with Crippen molar-refractivity contribution in [1.82, 2.24) is 4.90 Å². The third kappa shape index (κ3) is 2.80. The quantitative estimate of drug-likeness (QED) is 0.639. The number of aliphatic imine (C=N–C) groups is 1. The van der Waals surface area contributed by atoms with Crippen LogP contribution < -0.4 is 5.73 Å². The Morgan fingerprint density at radius 3 is 2.29 bits per heavy atom. The summed E-state index contributed by atoms with van der Waals surface area (Å²) < 4.78 is 1.09. The zero-order valence-corrected chi connectivity index (χ0v) is 11.9. The SMILES string of the molecule is Cc1cc(Br)cc(C)c1N=C(N)N1CCCC1. The molecule has 0 amide bonds. The molecule has 0 atom stereocenters. The van der Waals surface area contributed by atoms with Crippen molar-refractivity contribution in [2.75, 3.05) is 13.1 Å². The van der Waals surface area contributed by atoms with Crippen LogP contribution in [0.25, 0.3) is 0 Å². The van der Waals surface area contributed by atoms with Crippen LogP contribution in [-0.4, -0.2) is 23.9 Å². The van der Waals surface area contributed by atoms with Crippen molar-refractivity contribution < 1.29 is 0 Å². The van der Waals surface area contributed by atoms with Crippen molar-refractivity contribution in [2.45, 2.75) is 26.7 Å². The number of nitrogens with zero attached hydrogens (tertiary/aromatic N) is 2. The van der Waals surface area contributed by atoms with Crippen molar-refractivity contribution in [1.29, 1.82) is 0 Å². The van der Waals surface area contributed by atoms with Gasteiger partial charge in [-0.2, -0.15) is 0 Å². The second-order valence-corrected chi connectivity index (χ2v) is 5.47. The van der Waals surface area contributed by atoms with Gasteiger partial charge in [-0.1, -0.05) is 15.9 Å². The van der Waals surface area contributed by atoms with Gasteiger partial charge < -0.3 is 10.6 Å². The Hall–Kier alpha value is -1.03. The van der Waals surface area contributed by atoms with Crippen LogP contribution in [-0.2, 0) is 0 Å². The molecule has 17 heavy (non-hydrogen) atoms. The molecular formula is C13H18BrN3. The van der Waals surface area contributed by atoms with Crippen LogP contribution in [0.15, 0.2) is 21.6 Å². The van der Waals surface area contributed by atoms with Crippen molar-refractivity contribution >= 4 is 27.6 Å². The Morgan fingerprint density at radius 2 is 1.76 bits per heavy atom. The van der Waals surface area contributed by atoms with E-state index in [0.717, 1.165) is 34.4 Å². The molecular weight excluding hydrogens is 278 g/mol. The highest BCUT2D eigenvalue weighted by molar-refractivity contribution is 9.10. The Labute approximate surface area is 111 Å². The highest BCUT2D eigenvalue weighted by Gasteiger charge is 2.14. The van der Waals surface area contributed by atoms with Crippen LogP contribution in [0.4, 0.5) is 5.69 Å². The van der Waals surface area contributed by atoms with Gasteiger partial charge in [0.1, 0.15) is 0 Å². The lowest BCUT2D eigenvalue weighted by molar-refractivity contribution is 0.513. The maximum Gasteiger partial charge on any atom is 0.196 e. The lowest BCUT2D eigenvalue weighted by Crippen LogP contribution is -2.34. The molecule has 0 unspecified atom stereocenters. The van der Waals surface area contributed by atoms with Crippen LogP contribution in [0.3, 0.4) is 0 Å². The number of hydrogen-bond acceptors (Lipinski definition) is 1. The monoisotopic (exact) mass is 295 g/mol. The van der Waals surface area contributed by atoms with E-state index < -0.39 is 0 Å². The van der Waals surface area contributed by atoms with Crippen LogP contribution >= 0.6 is 15.9 Å². The molecule has 0 radical (unpaired) electrons. The number of benzene rings is 1. The largest absolute Gasteiger partial charge is 0.369 e. The molecule has 0 aromatic heterocycles. The highest BCUT2D eigenvalue weighted by atomic mass is 79.9. The van der Waals surface area contributed by atoms with E-state index in [2.05, 4.69) is 51.8 Å². The number of guanidine groups is 1. The molecule has 0 spiro atoms. The molecule has 0 aliphatic carbocycles. The van der Waals surface area contributed by atoms with Gasteiger partial charge in [0, 0.05) is 17.6 Å². The van der Waals surface area contributed by atoms with E-state index in [0.29, 0.717) is 5.96 Å². The van der Waals surface area contributed by atoms with Gasteiger partial charge in [0.25, 0.3) is 0 Å². The Balaban J connectivity index is 2.31. The smallest absolute Gasteiger partial charge is 0.196 e. The molecule has 1 heterocycles. The lowest BCUT2D eigenvalue weighted by Gasteiger charge is -2.17. The highest BCUT2D eigenvalue weighted by Crippen LogP contribution is 2.28. The Morgan fingerprint density at radius 1 is 1.24 bits per heavy atom. The predicted molar refractivity (Wildman–Crippen MR) is 75.7 cm³/mol. The van der Waals surface area contributed by atoms with E-state index in [-0.39, 0.29) is 0 Å². The minimum absolute atomic E-state index is 0.649. The van der Waals surface area contributed by atoms with Crippen molar-refractivity contribution in [3.8, 4) is 0 Å². The van der Waals surface area contributed by atoms with Gasteiger partial charge >= 0.3 is 0 Å². The molecule has 2 N–H and O–H groups in total. The van der Waals surface area contributed by atoms with Gasteiger partial charge in [-0.05, 0) is 49.9 Å². The second-order valence-electron chi connectivity index (χ2n) is 4.55. The normalized spacial score (nSPS) is 16.6. The third-order valence-corrected chi connectivity index (χ3v) is 3.57. The molecule has 1 aromatic carbocycles. The van der Waals surface area contributed by atoms with Crippen LogP contribution in [0.2, 0.25) is 0 Å². The molecule has 2 rings (SSSR count). The minimum atomic E-state index is 0.649. The summed E-state index contributed by atoms with van der Waals surface area (Å²) in [5, 5.41) is 0. The number of rotatable bonds is 1. The van der Waals surface area contributed by atoms with E-state index in [1.807, 2.05) is 0 Å². The number of likely N-dealkylation sites (tertiary alicyclic amines) is 1. The van der Waals surface area contributed by atoms with Gasteiger partial charge in [-0.3, -0.25) is 0 Å². The fraction of sp³-hybridized carbons (Fsp3) is 0.462. The van der Waals surface area contributed by atoms with E-state index in [9.17, 15) is 0 Å². The van der Waals surface area contributed by atoms with E-state index >= 15 is 0 Å². The molecule has 3 nitrogen and oxygen atoms in total. The van der Waals surface area contributed by atoms with Crippen molar-refractivity contribution in [3.05, 3.63) is 27.7 Å². The summed E-state index contributed by atoms with van der Waals surface area (Å²) in [7, 11) is 0. The Bertz CT molecular complexity index is 425. The van der Waals surface area contributed by atoms with Crippen LogP contribution in [0, 0.1) is 13.8 Å². The number of hydrogen-bond donors (Lipinski definition) is 1. The van der Waals surface area contributed by atoms with E-state index in [1.165, 1.54) is 12.8 Å². The van der Waals surface area contributed by atoms with Gasteiger partial charge in [0.15, 0.2) is 5.96 Å². The molecule has 1 aliphatic rings. The standard InChI is InChI=1S/C13H18BrN3/c1-9-7-11(14)8-10(2)12(9)16-13(15)17-5-3-4-6-17/h7-8H,3-6H2,1-2H3,(H2,15,16). The molecule has 92 valence electrons. The molecule has 1 aliphatic heterocycles. The van der Waals surface area contributed by atoms with Crippen LogP contribution in [0.1, 0.15) is 24.0 Å². The summed E-state index contributed by atoms with van der Waals surface area (Å²) in [6.07, 6.45) is 2.43. The average molecular weight is 296 g/mol. The van der Waals surface area contributed by atoms with Crippen LogP contribution in [0.5, 0.6) is 0 Å². The molecule has 0 bridgehead atoms. The van der Waals surface area contributed by atoms with Crippen molar-refractivity contribution in [3.63, 3.8) is 0 Å². The molecule has 1 fully saturated rings. The number of nitrogens with two attached hydrogens (primary N) is 1. The fourth-order valence-corrected chi connectivity index (χ4v) is 2.90. The topological polar surface area (TPSA) is 41.6 Å². The molecule has 1 aromatic rings. The maximum absolute atomic E-state index is 6.05. The molecule has 0 saturated carbocycles. The van der Waals surface area contributed by atoms with E-state index in [4.69, 9.17) is 5.73 Å². The zero-order chi connectivity index (χ0) is 12.4. The van der Waals surface area contributed by atoms with Gasteiger partial charge in [0.05, 0.1) is 5.69 Å². The average Bonchev–Trinajstić information content (AvgIpc) is 2.76. The first-order chi connectivity index (χ1) is 8.08. The Kier molecular flexibility index (Phi) is 3.72. The zero-order valence-electron chi connectivity index (χ0n) is 10.3. The fourth-order valence-electron chi connectivity index (χ4n) is 2.21. The summed E-state index contributed by atoms with van der Waals surface area (Å²) >= 11 is 3.49. The minimum Gasteiger partial charge on any atom is -0.369 e. The lowest BCUT2D eigenvalue weighted by atomic mass is 10.1. The molecule has 1 saturated heterocycles. The second kappa shape index (κ2) is 5.08. The number of halogens is 1. The predicted octanol–water partition coefficient (Wildman–Crippen LogP) is 3.11. The summed E-state index contributed by atoms with van der Waals surface area (Å²) in [6.45, 7) is 6.19. The first-order valence-electron chi connectivity index (χ1n) is 5.94. The first kappa shape index (κ1) is 12.4. The van der Waals surface area contributed by atoms with Gasteiger partial charge in [0.2, 0.25) is 0 Å². The number of aryl methyl sites for hydroxylation is 2. The van der Waals surface area contributed by atoms with Crippen molar-refractivity contribution in [2.24, 2.45) is 10.7 Å². The summed E-state index contributed by atoms with van der Waals surface area (Å²) in [5.74, 6) is 0.649. The van der Waals surface area contributed by atoms with Gasteiger partial charge in [-0.15, -0.1) is 0 Å². The third-order valence-electron chi connectivity index (χ3n) is 3.11. The van der Waals surface area contributed by atoms with E-state index in [1.54, 1.807) is 0 Å². The van der Waals surface area contributed by atoms with Gasteiger partial charge in [-0.25, -0.2) is 4.99 Å². The molecule has 4 heteroatoms. The summed E-state index contributed by atoms with van der Waals surface area (Å²) in [4.78, 5) is 6.73. The maximum atomic E-state index is 6.05. The summed E-state index contributed by atoms with van der Waals surface area (Å²) in [6, 6.07) is 4.15. The first-order valence-corrected chi connectivity index (χ1v) is 6.73. The summed E-state index contributed by atoms with van der Waals surface area (Å²) in [5.41, 5.74) is 9.35.